The molecule has 0 saturated heterocycles. The summed E-state index contributed by atoms with van der Waals surface area (Å²) in [5, 5.41) is 12.4. The summed E-state index contributed by atoms with van der Waals surface area (Å²) in [6.07, 6.45) is 3.89. The number of fused-ring (bicyclic) bond motifs is 2. The van der Waals surface area contributed by atoms with Gasteiger partial charge in [0.05, 0.1) is 5.71 Å². The van der Waals surface area contributed by atoms with E-state index in [2.05, 4.69) is 19.0 Å². The molecule has 0 amide bonds. The summed E-state index contributed by atoms with van der Waals surface area (Å²) in [4.78, 5) is 0. The molecule has 1 N–H and O–H groups in total. The molecular formula is C10H17NO. The molecule has 2 aliphatic rings. The molecule has 0 radical (unpaired) electrons. The highest BCUT2D eigenvalue weighted by Gasteiger charge is 2.46. The predicted octanol–water partition coefficient (Wildman–Crippen LogP) is 2.52. The van der Waals surface area contributed by atoms with Gasteiger partial charge in [-0.05, 0) is 31.1 Å². The van der Waals surface area contributed by atoms with Crippen LogP contribution in [-0.4, -0.2) is 10.9 Å². The van der Waals surface area contributed by atoms with Crippen LogP contribution >= 0.6 is 0 Å². The van der Waals surface area contributed by atoms with Gasteiger partial charge in [0.25, 0.3) is 0 Å². The van der Waals surface area contributed by atoms with Crippen LogP contribution in [0.3, 0.4) is 0 Å². The van der Waals surface area contributed by atoms with Crippen molar-refractivity contribution >= 4 is 5.71 Å². The van der Waals surface area contributed by atoms with E-state index in [0.717, 1.165) is 11.6 Å². The van der Waals surface area contributed by atoms with Crippen molar-refractivity contribution in [2.75, 3.05) is 0 Å². The number of hydrogen-bond donors (Lipinski definition) is 1. The molecule has 0 unspecified atom stereocenters. The van der Waals surface area contributed by atoms with Gasteiger partial charge in [-0.1, -0.05) is 19.0 Å². The average molecular weight is 167 g/mol. The second kappa shape index (κ2) is 2.75. The summed E-state index contributed by atoms with van der Waals surface area (Å²) in [6, 6.07) is 0. The molecule has 2 heteroatoms. The molecule has 0 aliphatic heterocycles. The standard InChI is InChI=1S/C10H17NO/c1-6(2)9-7-3-4-8(5-7)10(9)11-12/h6-9,12H,3-5H2,1-2H3/b11-10-/t7-,8+,9+/m0/s1. The van der Waals surface area contributed by atoms with Crippen LogP contribution in [0.4, 0.5) is 0 Å². The number of rotatable bonds is 1. The van der Waals surface area contributed by atoms with Crippen molar-refractivity contribution in [1.29, 1.82) is 0 Å². The average Bonchev–Trinajstić information content (AvgIpc) is 2.60. The van der Waals surface area contributed by atoms with E-state index in [9.17, 15) is 0 Å². The highest BCUT2D eigenvalue weighted by Crippen LogP contribution is 2.49. The molecule has 0 aromatic heterocycles. The highest BCUT2D eigenvalue weighted by atomic mass is 16.4. The van der Waals surface area contributed by atoms with E-state index in [1.807, 2.05) is 0 Å². The lowest BCUT2D eigenvalue weighted by atomic mass is 9.80. The molecule has 3 atom stereocenters. The van der Waals surface area contributed by atoms with Gasteiger partial charge in [0.2, 0.25) is 0 Å². The molecule has 0 aromatic carbocycles. The first-order chi connectivity index (χ1) is 5.74. The lowest BCUT2D eigenvalue weighted by Crippen LogP contribution is -2.26. The first-order valence-corrected chi connectivity index (χ1v) is 4.96. The molecule has 2 saturated carbocycles. The molecule has 2 nitrogen and oxygen atoms in total. The van der Waals surface area contributed by atoms with E-state index in [0.29, 0.717) is 17.8 Å². The van der Waals surface area contributed by atoms with Crippen molar-refractivity contribution in [1.82, 2.24) is 0 Å². The zero-order chi connectivity index (χ0) is 8.72. The van der Waals surface area contributed by atoms with E-state index in [1.165, 1.54) is 19.3 Å². The summed E-state index contributed by atoms with van der Waals surface area (Å²) in [5.74, 6) is 2.66. The van der Waals surface area contributed by atoms with Gasteiger partial charge in [-0.15, -0.1) is 0 Å². The molecule has 0 spiro atoms. The van der Waals surface area contributed by atoms with Crippen molar-refractivity contribution in [3.63, 3.8) is 0 Å². The van der Waals surface area contributed by atoms with Gasteiger partial charge in [-0.3, -0.25) is 0 Å². The first-order valence-electron chi connectivity index (χ1n) is 4.96. The quantitative estimate of drug-likeness (QED) is 0.472. The minimum atomic E-state index is 0.578. The maximum absolute atomic E-state index is 8.90. The lowest BCUT2D eigenvalue weighted by molar-refractivity contribution is 0.295. The molecule has 2 bridgehead atoms. The fourth-order valence-electron chi connectivity index (χ4n) is 3.16. The Hall–Kier alpha value is -0.530. The molecule has 0 aromatic rings. The lowest BCUT2D eigenvalue weighted by Gasteiger charge is -2.25. The van der Waals surface area contributed by atoms with Crippen LogP contribution in [0.15, 0.2) is 5.16 Å². The third kappa shape index (κ3) is 0.970. The summed E-state index contributed by atoms with van der Waals surface area (Å²) in [5.41, 5.74) is 1.10. The minimum Gasteiger partial charge on any atom is -0.411 e. The molecule has 2 fully saturated rings. The van der Waals surface area contributed by atoms with Crippen molar-refractivity contribution < 1.29 is 5.21 Å². The van der Waals surface area contributed by atoms with Crippen LogP contribution in [0.1, 0.15) is 33.1 Å². The fraction of sp³-hybridized carbons (Fsp3) is 0.900. The third-order valence-electron chi connectivity index (χ3n) is 3.57. The molecule has 0 heterocycles. The number of oxime groups is 1. The van der Waals surface area contributed by atoms with E-state index < -0.39 is 0 Å². The fourth-order valence-corrected chi connectivity index (χ4v) is 3.16. The van der Waals surface area contributed by atoms with E-state index in [1.54, 1.807) is 0 Å². The van der Waals surface area contributed by atoms with E-state index >= 15 is 0 Å². The molecular weight excluding hydrogens is 150 g/mol. The zero-order valence-corrected chi connectivity index (χ0v) is 7.83. The maximum atomic E-state index is 8.90. The first kappa shape index (κ1) is 8.09. The van der Waals surface area contributed by atoms with Crippen LogP contribution < -0.4 is 0 Å². The Morgan fingerprint density at radius 3 is 2.67 bits per heavy atom. The number of hydrogen-bond acceptors (Lipinski definition) is 2. The Bertz CT molecular complexity index is 210. The third-order valence-corrected chi connectivity index (χ3v) is 3.57. The molecule has 68 valence electrons. The van der Waals surface area contributed by atoms with Crippen molar-refractivity contribution in [2.24, 2.45) is 28.8 Å². The summed E-state index contributed by atoms with van der Waals surface area (Å²) in [7, 11) is 0. The summed E-state index contributed by atoms with van der Waals surface area (Å²) < 4.78 is 0. The van der Waals surface area contributed by atoms with Crippen LogP contribution in [0.25, 0.3) is 0 Å². The largest absolute Gasteiger partial charge is 0.411 e. The monoisotopic (exact) mass is 167 g/mol. The van der Waals surface area contributed by atoms with Crippen molar-refractivity contribution in [3.05, 3.63) is 0 Å². The van der Waals surface area contributed by atoms with Gasteiger partial charge in [0.15, 0.2) is 0 Å². The minimum absolute atomic E-state index is 0.578. The van der Waals surface area contributed by atoms with Gasteiger partial charge in [0.1, 0.15) is 0 Å². The van der Waals surface area contributed by atoms with Crippen LogP contribution in [0.5, 0.6) is 0 Å². The maximum Gasteiger partial charge on any atom is 0.0637 e. The van der Waals surface area contributed by atoms with Gasteiger partial charge < -0.3 is 5.21 Å². The second-order valence-electron chi connectivity index (χ2n) is 4.56. The molecule has 2 aliphatic carbocycles. The smallest absolute Gasteiger partial charge is 0.0637 e. The highest BCUT2D eigenvalue weighted by molar-refractivity contribution is 5.91. The van der Waals surface area contributed by atoms with E-state index in [4.69, 9.17) is 5.21 Å². The topological polar surface area (TPSA) is 32.6 Å². The Balaban J connectivity index is 2.23. The normalized spacial score (nSPS) is 43.2. The van der Waals surface area contributed by atoms with Gasteiger partial charge in [0, 0.05) is 11.8 Å². The molecule has 2 rings (SSSR count). The second-order valence-corrected chi connectivity index (χ2v) is 4.56. The van der Waals surface area contributed by atoms with Crippen LogP contribution in [0, 0.1) is 23.7 Å². The Labute approximate surface area is 73.7 Å². The van der Waals surface area contributed by atoms with Crippen LogP contribution in [-0.2, 0) is 0 Å². The van der Waals surface area contributed by atoms with Crippen molar-refractivity contribution in [2.45, 2.75) is 33.1 Å². The van der Waals surface area contributed by atoms with Crippen molar-refractivity contribution in [3.8, 4) is 0 Å². The molecule has 12 heavy (non-hydrogen) atoms. The SMILES string of the molecule is CC(C)[C@H]1/C(=N\O)[C@@H]2CC[C@H]1C2. The summed E-state index contributed by atoms with van der Waals surface area (Å²) >= 11 is 0. The van der Waals surface area contributed by atoms with Gasteiger partial charge in [-0.25, -0.2) is 0 Å². The van der Waals surface area contributed by atoms with Gasteiger partial charge in [-0.2, -0.15) is 0 Å². The van der Waals surface area contributed by atoms with Gasteiger partial charge >= 0.3 is 0 Å². The Kier molecular flexibility index (Phi) is 1.85. The van der Waals surface area contributed by atoms with E-state index in [-0.39, 0.29) is 0 Å². The predicted molar refractivity (Wildman–Crippen MR) is 48.4 cm³/mol. The Morgan fingerprint density at radius 1 is 1.42 bits per heavy atom. The number of nitrogens with zero attached hydrogens (tertiary/aromatic N) is 1. The summed E-state index contributed by atoms with van der Waals surface area (Å²) in [6.45, 7) is 4.47. The Morgan fingerprint density at radius 2 is 2.17 bits per heavy atom. The zero-order valence-electron chi connectivity index (χ0n) is 7.83. The van der Waals surface area contributed by atoms with Crippen LogP contribution in [0.2, 0.25) is 0 Å².